The zero-order valence-electron chi connectivity index (χ0n) is 29.1. The Balaban J connectivity index is 1.06. The molecular formula is C52H30S2. The van der Waals surface area contributed by atoms with E-state index >= 15 is 0 Å². The lowest BCUT2D eigenvalue weighted by Crippen LogP contribution is -1.92. The molecule has 2 heteroatoms. The average Bonchev–Trinajstić information content (AvgIpc) is 3.77. The summed E-state index contributed by atoms with van der Waals surface area (Å²) in [6.07, 6.45) is 0. The van der Waals surface area contributed by atoms with Gasteiger partial charge in [0.15, 0.2) is 0 Å². The van der Waals surface area contributed by atoms with E-state index in [0.29, 0.717) is 0 Å². The molecule has 0 saturated heterocycles. The van der Waals surface area contributed by atoms with Crippen LogP contribution in [0.2, 0.25) is 0 Å². The van der Waals surface area contributed by atoms with Crippen LogP contribution in [0, 0.1) is 0 Å². The Morgan fingerprint density at radius 3 is 1.44 bits per heavy atom. The quantitative estimate of drug-likeness (QED) is 0.160. The highest BCUT2D eigenvalue weighted by atomic mass is 32.1. The third-order valence-corrected chi connectivity index (χ3v) is 13.7. The minimum absolute atomic E-state index is 1.24. The molecule has 12 aromatic rings. The van der Waals surface area contributed by atoms with Gasteiger partial charge in [-0.25, -0.2) is 0 Å². The molecule has 0 unspecified atom stereocenters. The highest BCUT2D eigenvalue weighted by molar-refractivity contribution is 7.27. The number of rotatable bonds is 3. The van der Waals surface area contributed by atoms with Crippen molar-refractivity contribution in [3.05, 3.63) is 182 Å². The van der Waals surface area contributed by atoms with Gasteiger partial charge >= 0.3 is 0 Å². The van der Waals surface area contributed by atoms with Gasteiger partial charge in [-0.05, 0) is 113 Å². The van der Waals surface area contributed by atoms with Crippen molar-refractivity contribution < 1.29 is 0 Å². The van der Waals surface area contributed by atoms with E-state index in [1.165, 1.54) is 117 Å². The molecule has 0 nitrogen and oxygen atoms in total. The van der Waals surface area contributed by atoms with Crippen LogP contribution in [0.15, 0.2) is 182 Å². The highest BCUT2D eigenvalue weighted by Crippen LogP contribution is 2.47. The van der Waals surface area contributed by atoms with Crippen LogP contribution in [-0.4, -0.2) is 0 Å². The van der Waals surface area contributed by atoms with Crippen molar-refractivity contribution >= 4 is 106 Å². The van der Waals surface area contributed by atoms with Gasteiger partial charge in [-0.3, -0.25) is 0 Å². The Morgan fingerprint density at radius 2 is 0.741 bits per heavy atom. The molecule has 0 spiro atoms. The molecule has 10 aromatic carbocycles. The molecule has 2 aromatic heterocycles. The fourth-order valence-corrected chi connectivity index (χ4v) is 11.3. The van der Waals surface area contributed by atoms with Crippen LogP contribution in [-0.2, 0) is 0 Å². The van der Waals surface area contributed by atoms with Gasteiger partial charge in [0, 0.05) is 40.3 Å². The zero-order chi connectivity index (χ0) is 35.3. The summed E-state index contributed by atoms with van der Waals surface area (Å²) in [5.74, 6) is 0. The molecule has 0 amide bonds. The summed E-state index contributed by atoms with van der Waals surface area (Å²) < 4.78 is 5.42. The lowest BCUT2D eigenvalue weighted by molar-refractivity contribution is 1.65. The summed E-state index contributed by atoms with van der Waals surface area (Å²) in [6, 6.07) is 67.9. The molecule has 0 radical (unpaired) electrons. The SMILES string of the molecule is c1ccc(-c2c3ccccc3c(-c3ccc(-c4ccc5cc6sc7cc8c(cc7c6cc5c4)sc4ccccc48)c4ccccc34)c3ccccc23)cc1. The first-order valence-corrected chi connectivity index (χ1v) is 20.1. The molecule has 0 N–H and O–H groups in total. The van der Waals surface area contributed by atoms with Crippen molar-refractivity contribution in [2.45, 2.75) is 0 Å². The van der Waals surface area contributed by atoms with Crippen LogP contribution < -0.4 is 0 Å². The molecule has 12 rings (SSSR count). The van der Waals surface area contributed by atoms with Gasteiger partial charge in [0.1, 0.15) is 0 Å². The summed E-state index contributed by atoms with van der Waals surface area (Å²) in [6.45, 7) is 0. The number of thiophene rings is 2. The maximum atomic E-state index is 2.43. The van der Waals surface area contributed by atoms with Gasteiger partial charge in [0.25, 0.3) is 0 Å². The largest absolute Gasteiger partial charge is 0.135 e. The molecule has 0 bridgehead atoms. The minimum atomic E-state index is 1.24. The van der Waals surface area contributed by atoms with Crippen molar-refractivity contribution in [2.75, 3.05) is 0 Å². The van der Waals surface area contributed by atoms with Crippen molar-refractivity contribution in [3.63, 3.8) is 0 Å². The topological polar surface area (TPSA) is 0 Å². The van der Waals surface area contributed by atoms with E-state index in [1.807, 2.05) is 22.7 Å². The van der Waals surface area contributed by atoms with Crippen molar-refractivity contribution in [1.29, 1.82) is 0 Å². The maximum Gasteiger partial charge on any atom is 0.0362 e. The third-order valence-electron chi connectivity index (χ3n) is 11.4. The second-order valence-corrected chi connectivity index (χ2v) is 16.5. The number of fused-ring (bicyclic) bond motifs is 10. The lowest BCUT2D eigenvalue weighted by atomic mass is 9.84. The molecular weight excluding hydrogens is 689 g/mol. The maximum absolute atomic E-state index is 2.43. The van der Waals surface area contributed by atoms with Crippen LogP contribution in [0.5, 0.6) is 0 Å². The van der Waals surface area contributed by atoms with Gasteiger partial charge in [-0.2, -0.15) is 0 Å². The number of benzene rings is 10. The molecule has 250 valence electrons. The molecule has 2 heterocycles. The van der Waals surface area contributed by atoms with E-state index in [1.54, 1.807) is 0 Å². The van der Waals surface area contributed by atoms with Gasteiger partial charge in [0.05, 0.1) is 0 Å². The number of hydrogen-bond donors (Lipinski definition) is 0. The van der Waals surface area contributed by atoms with Gasteiger partial charge in [-0.15, -0.1) is 22.7 Å². The highest BCUT2D eigenvalue weighted by Gasteiger charge is 2.19. The minimum Gasteiger partial charge on any atom is -0.135 e. The molecule has 0 fully saturated rings. The van der Waals surface area contributed by atoms with Crippen LogP contribution in [0.25, 0.3) is 117 Å². The smallest absolute Gasteiger partial charge is 0.0362 e. The fraction of sp³-hybridized carbons (Fsp3) is 0. The van der Waals surface area contributed by atoms with E-state index < -0.39 is 0 Å². The fourth-order valence-electron chi connectivity index (χ4n) is 9.01. The molecule has 54 heavy (non-hydrogen) atoms. The first-order valence-electron chi connectivity index (χ1n) is 18.5. The van der Waals surface area contributed by atoms with E-state index in [0.717, 1.165) is 0 Å². The van der Waals surface area contributed by atoms with Crippen LogP contribution in [0.4, 0.5) is 0 Å². The van der Waals surface area contributed by atoms with Crippen molar-refractivity contribution in [3.8, 4) is 33.4 Å². The number of hydrogen-bond acceptors (Lipinski definition) is 2. The van der Waals surface area contributed by atoms with Crippen LogP contribution >= 0.6 is 22.7 Å². The molecule has 0 atom stereocenters. The van der Waals surface area contributed by atoms with E-state index in [-0.39, 0.29) is 0 Å². The Kier molecular flexibility index (Phi) is 6.48. The standard InChI is InChI=1S/C52H30S2/c1-2-12-31(13-3-1)51-39-17-6-8-19-41(39)52(42-20-9-7-18-40(42)51)43-25-24-35(36-14-4-5-15-37(36)43)33-23-22-32-28-48-44(27-34(32)26-33)46-30-49-45(29-50(46)54-48)38-16-10-11-21-47(38)53-49/h1-30H. The Labute approximate surface area is 319 Å². The van der Waals surface area contributed by atoms with E-state index in [9.17, 15) is 0 Å². The lowest BCUT2D eigenvalue weighted by Gasteiger charge is -2.19. The molecule has 0 aliphatic rings. The normalized spacial score (nSPS) is 12.1. The van der Waals surface area contributed by atoms with Gasteiger partial charge in [-0.1, -0.05) is 146 Å². The zero-order valence-corrected chi connectivity index (χ0v) is 30.8. The first kappa shape index (κ1) is 30.2. The summed E-state index contributed by atoms with van der Waals surface area (Å²) in [4.78, 5) is 0. The average molecular weight is 719 g/mol. The van der Waals surface area contributed by atoms with Crippen molar-refractivity contribution in [2.24, 2.45) is 0 Å². The summed E-state index contributed by atoms with van der Waals surface area (Å²) in [5.41, 5.74) is 7.60. The Bertz CT molecular complexity index is 3430. The summed E-state index contributed by atoms with van der Waals surface area (Å²) in [5, 5.41) is 15.6. The van der Waals surface area contributed by atoms with Crippen LogP contribution in [0.1, 0.15) is 0 Å². The van der Waals surface area contributed by atoms with E-state index in [4.69, 9.17) is 0 Å². The Morgan fingerprint density at radius 1 is 0.241 bits per heavy atom. The second-order valence-electron chi connectivity index (χ2n) is 14.4. The van der Waals surface area contributed by atoms with Crippen LogP contribution in [0.3, 0.4) is 0 Å². The predicted octanol–water partition coefficient (Wildman–Crippen LogP) is 16.0. The summed E-state index contributed by atoms with van der Waals surface area (Å²) >= 11 is 3.81. The first-order chi connectivity index (χ1) is 26.8. The monoisotopic (exact) mass is 718 g/mol. The summed E-state index contributed by atoms with van der Waals surface area (Å²) in [7, 11) is 0. The molecule has 0 aliphatic carbocycles. The van der Waals surface area contributed by atoms with Crippen molar-refractivity contribution in [1.82, 2.24) is 0 Å². The third kappa shape index (κ3) is 4.42. The van der Waals surface area contributed by atoms with E-state index in [2.05, 4.69) is 182 Å². The second kappa shape index (κ2) is 11.6. The van der Waals surface area contributed by atoms with Gasteiger partial charge in [0.2, 0.25) is 0 Å². The molecule has 0 aliphatic heterocycles. The van der Waals surface area contributed by atoms with Gasteiger partial charge < -0.3 is 0 Å². The molecule has 0 saturated carbocycles. The predicted molar refractivity (Wildman–Crippen MR) is 239 cm³/mol. The Hall–Kier alpha value is -6.32.